The van der Waals surface area contributed by atoms with Crippen molar-refractivity contribution >= 4 is 6.09 Å². The molecular formula is C11H21NO3. The van der Waals surface area contributed by atoms with Crippen molar-refractivity contribution in [3.05, 3.63) is 0 Å². The number of alkyl carbamates (subject to hydrolysis) is 1. The number of nitrogens with one attached hydrogen (secondary N) is 1. The van der Waals surface area contributed by atoms with Gasteiger partial charge in [-0.15, -0.1) is 0 Å². The molecule has 2 unspecified atom stereocenters. The van der Waals surface area contributed by atoms with Crippen LogP contribution in [-0.2, 0) is 4.74 Å². The normalized spacial score (nSPS) is 26.4. The first-order chi connectivity index (χ1) is 7.09. The van der Waals surface area contributed by atoms with Crippen molar-refractivity contribution < 1.29 is 14.6 Å². The molecule has 88 valence electrons. The van der Waals surface area contributed by atoms with Gasteiger partial charge in [-0.25, -0.2) is 4.79 Å². The van der Waals surface area contributed by atoms with E-state index in [1.165, 1.54) is 0 Å². The molecule has 0 aliphatic heterocycles. The Bertz CT molecular complexity index is 206. The molecule has 0 bridgehead atoms. The van der Waals surface area contributed by atoms with E-state index in [-0.39, 0.29) is 24.2 Å². The molecule has 15 heavy (non-hydrogen) atoms. The van der Waals surface area contributed by atoms with Crippen molar-refractivity contribution in [2.45, 2.75) is 51.7 Å². The van der Waals surface area contributed by atoms with E-state index >= 15 is 0 Å². The molecule has 1 aliphatic carbocycles. The Labute approximate surface area is 91.0 Å². The van der Waals surface area contributed by atoms with Crippen molar-refractivity contribution in [3.8, 4) is 0 Å². The highest BCUT2D eigenvalue weighted by atomic mass is 16.6. The number of carbonyl (C=O) groups excluding carboxylic acids is 1. The van der Waals surface area contributed by atoms with Crippen molar-refractivity contribution in [2.75, 3.05) is 6.54 Å². The van der Waals surface area contributed by atoms with Gasteiger partial charge in [-0.1, -0.05) is 12.8 Å². The maximum Gasteiger partial charge on any atom is 0.407 e. The van der Waals surface area contributed by atoms with Crippen LogP contribution in [0.2, 0.25) is 0 Å². The molecule has 1 rings (SSSR count). The summed E-state index contributed by atoms with van der Waals surface area (Å²) in [7, 11) is 0. The molecule has 1 saturated carbocycles. The minimum Gasteiger partial charge on any atom is -0.447 e. The molecule has 0 heterocycles. The Kier molecular flexibility index (Phi) is 4.88. The molecule has 1 aliphatic rings. The van der Waals surface area contributed by atoms with Gasteiger partial charge in [0.1, 0.15) is 0 Å². The van der Waals surface area contributed by atoms with Crippen LogP contribution in [0.1, 0.15) is 39.5 Å². The highest BCUT2D eigenvalue weighted by Gasteiger charge is 2.23. The van der Waals surface area contributed by atoms with Gasteiger partial charge in [0, 0.05) is 12.5 Å². The fourth-order valence-electron chi connectivity index (χ4n) is 1.90. The zero-order valence-corrected chi connectivity index (χ0v) is 9.53. The van der Waals surface area contributed by atoms with Crippen LogP contribution in [-0.4, -0.2) is 30.0 Å². The van der Waals surface area contributed by atoms with E-state index < -0.39 is 0 Å². The van der Waals surface area contributed by atoms with Crippen LogP contribution >= 0.6 is 0 Å². The van der Waals surface area contributed by atoms with E-state index in [0.717, 1.165) is 25.7 Å². The number of rotatable bonds is 3. The maximum absolute atomic E-state index is 11.2. The van der Waals surface area contributed by atoms with Crippen LogP contribution in [0.15, 0.2) is 0 Å². The average Bonchev–Trinajstić information content (AvgIpc) is 2.15. The summed E-state index contributed by atoms with van der Waals surface area (Å²) in [6.07, 6.45) is 3.33. The van der Waals surface area contributed by atoms with Gasteiger partial charge < -0.3 is 15.2 Å². The lowest BCUT2D eigenvalue weighted by Gasteiger charge is -2.27. The van der Waals surface area contributed by atoms with Crippen LogP contribution < -0.4 is 5.32 Å². The molecule has 2 atom stereocenters. The van der Waals surface area contributed by atoms with E-state index in [2.05, 4.69) is 5.32 Å². The molecule has 4 nitrogen and oxygen atoms in total. The third-order valence-electron chi connectivity index (χ3n) is 2.72. The van der Waals surface area contributed by atoms with Gasteiger partial charge in [0.25, 0.3) is 0 Å². The highest BCUT2D eigenvalue weighted by Crippen LogP contribution is 2.23. The van der Waals surface area contributed by atoms with Crippen LogP contribution in [0, 0.1) is 5.92 Å². The molecule has 0 aromatic rings. The summed E-state index contributed by atoms with van der Waals surface area (Å²) < 4.78 is 4.94. The number of aliphatic hydroxyl groups is 1. The molecule has 1 fully saturated rings. The number of hydrogen-bond donors (Lipinski definition) is 2. The second-order valence-corrected chi connectivity index (χ2v) is 4.45. The highest BCUT2D eigenvalue weighted by molar-refractivity contribution is 5.67. The largest absolute Gasteiger partial charge is 0.447 e. The summed E-state index contributed by atoms with van der Waals surface area (Å²) in [5, 5.41) is 12.4. The number of hydrogen-bond acceptors (Lipinski definition) is 3. The second kappa shape index (κ2) is 5.95. The van der Waals surface area contributed by atoms with Gasteiger partial charge in [-0.05, 0) is 26.7 Å². The van der Waals surface area contributed by atoms with E-state index in [1.807, 2.05) is 13.8 Å². The van der Waals surface area contributed by atoms with Crippen molar-refractivity contribution in [1.29, 1.82) is 0 Å². The van der Waals surface area contributed by atoms with Crippen molar-refractivity contribution in [3.63, 3.8) is 0 Å². The van der Waals surface area contributed by atoms with Crippen LogP contribution in [0.5, 0.6) is 0 Å². The predicted molar refractivity (Wildman–Crippen MR) is 57.6 cm³/mol. The predicted octanol–water partition coefficient (Wildman–Crippen LogP) is 1.67. The Hall–Kier alpha value is -0.770. The number of amides is 1. The zero-order valence-electron chi connectivity index (χ0n) is 9.53. The van der Waals surface area contributed by atoms with Crippen LogP contribution in [0.4, 0.5) is 4.79 Å². The minimum absolute atomic E-state index is 0.0960. The van der Waals surface area contributed by atoms with Gasteiger partial charge in [0.15, 0.2) is 0 Å². The van der Waals surface area contributed by atoms with Gasteiger partial charge in [0.2, 0.25) is 0 Å². The van der Waals surface area contributed by atoms with Gasteiger partial charge in [0.05, 0.1) is 12.2 Å². The third-order valence-corrected chi connectivity index (χ3v) is 2.72. The first-order valence-electron chi connectivity index (χ1n) is 5.72. The Morgan fingerprint density at radius 1 is 1.47 bits per heavy atom. The number of ether oxygens (including phenoxy) is 1. The Morgan fingerprint density at radius 2 is 2.13 bits per heavy atom. The SMILES string of the molecule is CC(C)OC(=O)NCC1CCCCC1O. The smallest absolute Gasteiger partial charge is 0.407 e. The van der Waals surface area contributed by atoms with E-state index in [4.69, 9.17) is 4.74 Å². The van der Waals surface area contributed by atoms with Gasteiger partial charge in [-0.3, -0.25) is 0 Å². The molecule has 1 amide bonds. The molecule has 0 saturated heterocycles. The summed E-state index contributed by atoms with van der Waals surface area (Å²) in [5.41, 5.74) is 0. The van der Waals surface area contributed by atoms with Gasteiger partial charge in [-0.2, -0.15) is 0 Å². The fourth-order valence-corrected chi connectivity index (χ4v) is 1.90. The third kappa shape index (κ3) is 4.51. The lowest BCUT2D eigenvalue weighted by atomic mass is 9.86. The van der Waals surface area contributed by atoms with Crippen LogP contribution in [0.25, 0.3) is 0 Å². The fraction of sp³-hybridized carbons (Fsp3) is 0.909. The molecule has 0 radical (unpaired) electrons. The summed E-state index contributed by atoms with van der Waals surface area (Å²) in [5.74, 6) is 0.193. The Morgan fingerprint density at radius 3 is 2.73 bits per heavy atom. The number of carbonyl (C=O) groups is 1. The molecule has 0 aromatic heterocycles. The first kappa shape index (κ1) is 12.3. The maximum atomic E-state index is 11.2. The van der Waals surface area contributed by atoms with E-state index in [9.17, 15) is 9.90 Å². The molecule has 2 N–H and O–H groups in total. The first-order valence-corrected chi connectivity index (χ1v) is 5.72. The lowest BCUT2D eigenvalue weighted by molar-refractivity contribution is 0.0654. The van der Waals surface area contributed by atoms with E-state index in [0.29, 0.717) is 6.54 Å². The second-order valence-electron chi connectivity index (χ2n) is 4.45. The van der Waals surface area contributed by atoms with Crippen LogP contribution in [0.3, 0.4) is 0 Å². The number of aliphatic hydroxyl groups excluding tert-OH is 1. The lowest BCUT2D eigenvalue weighted by Crippen LogP contribution is -2.37. The monoisotopic (exact) mass is 215 g/mol. The van der Waals surface area contributed by atoms with Gasteiger partial charge >= 0.3 is 6.09 Å². The average molecular weight is 215 g/mol. The minimum atomic E-state index is -0.386. The van der Waals surface area contributed by atoms with Crippen molar-refractivity contribution in [1.82, 2.24) is 5.32 Å². The quantitative estimate of drug-likeness (QED) is 0.753. The summed E-state index contributed by atoms with van der Waals surface area (Å²) >= 11 is 0. The summed E-state index contributed by atoms with van der Waals surface area (Å²) in [6, 6.07) is 0. The molecule has 0 spiro atoms. The Balaban J connectivity index is 2.20. The van der Waals surface area contributed by atoms with Crippen molar-refractivity contribution in [2.24, 2.45) is 5.92 Å². The zero-order chi connectivity index (χ0) is 11.3. The molecule has 4 heteroatoms. The summed E-state index contributed by atoms with van der Waals surface area (Å²) in [4.78, 5) is 11.2. The topological polar surface area (TPSA) is 58.6 Å². The van der Waals surface area contributed by atoms with E-state index in [1.54, 1.807) is 0 Å². The molecular weight excluding hydrogens is 194 g/mol. The molecule has 0 aromatic carbocycles. The summed E-state index contributed by atoms with van der Waals surface area (Å²) in [6.45, 7) is 4.15. The standard InChI is InChI=1S/C11H21NO3/c1-8(2)15-11(14)12-7-9-5-3-4-6-10(9)13/h8-10,13H,3-7H2,1-2H3,(H,12,14).